The minimum atomic E-state index is 0.569. The van der Waals surface area contributed by atoms with E-state index in [0.717, 1.165) is 36.5 Å². The summed E-state index contributed by atoms with van der Waals surface area (Å²) in [4.78, 5) is 2.28. The summed E-state index contributed by atoms with van der Waals surface area (Å²) < 4.78 is 0. The molecule has 1 heterocycles. The first-order valence-electron chi connectivity index (χ1n) is 6.69. The summed E-state index contributed by atoms with van der Waals surface area (Å²) in [6, 6.07) is 2.87. The second-order valence-corrected chi connectivity index (χ2v) is 5.00. The lowest BCUT2D eigenvalue weighted by Crippen LogP contribution is -2.29. The van der Waals surface area contributed by atoms with E-state index in [1.807, 2.05) is 13.8 Å². The third kappa shape index (κ3) is 2.45. The number of aromatic nitrogens is 2. The van der Waals surface area contributed by atoms with Gasteiger partial charge in [-0.1, -0.05) is 13.3 Å². The highest BCUT2D eigenvalue weighted by Crippen LogP contribution is 2.33. The lowest BCUT2D eigenvalue weighted by molar-refractivity contribution is 0.695. The third-order valence-electron chi connectivity index (χ3n) is 3.56. The Morgan fingerprint density at radius 2 is 2.06 bits per heavy atom. The van der Waals surface area contributed by atoms with Gasteiger partial charge in [0.1, 0.15) is 11.6 Å². The molecule has 0 aliphatic heterocycles. The van der Waals surface area contributed by atoms with Crippen molar-refractivity contribution in [3.63, 3.8) is 0 Å². The standard InChI is InChI=1S/C14H20N4/c1-4-5-8-18(12-6-7-12)14-13(9-15)10(2)11(3)16-17-14/h12H,4-8H2,1-3H3. The van der Waals surface area contributed by atoms with E-state index in [1.54, 1.807) is 0 Å². The number of hydrogen-bond acceptors (Lipinski definition) is 4. The maximum absolute atomic E-state index is 9.36. The van der Waals surface area contributed by atoms with Crippen LogP contribution in [0.3, 0.4) is 0 Å². The number of nitrogens with zero attached hydrogens (tertiary/aromatic N) is 4. The molecule has 0 unspecified atom stereocenters. The van der Waals surface area contributed by atoms with Crippen LogP contribution in [0.25, 0.3) is 0 Å². The molecule has 1 aromatic rings. The average Bonchev–Trinajstić information content (AvgIpc) is 3.18. The zero-order valence-electron chi connectivity index (χ0n) is 11.4. The molecule has 0 atom stereocenters. The monoisotopic (exact) mass is 244 g/mol. The fraction of sp³-hybridized carbons (Fsp3) is 0.643. The number of hydrogen-bond donors (Lipinski definition) is 0. The average molecular weight is 244 g/mol. The van der Waals surface area contributed by atoms with Gasteiger partial charge in [0.15, 0.2) is 5.82 Å². The Kier molecular flexibility index (Phi) is 3.81. The van der Waals surface area contributed by atoms with Gasteiger partial charge in [0, 0.05) is 12.6 Å². The number of nitriles is 1. The molecule has 1 aromatic heterocycles. The highest BCUT2D eigenvalue weighted by atomic mass is 15.3. The number of anilines is 1. The smallest absolute Gasteiger partial charge is 0.169 e. The molecule has 18 heavy (non-hydrogen) atoms. The summed E-state index contributed by atoms with van der Waals surface area (Å²) in [7, 11) is 0. The molecule has 0 amide bonds. The van der Waals surface area contributed by atoms with Crippen molar-refractivity contribution in [2.24, 2.45) is 0 Å². The van der Waals surface area contributed by atoms with Gasteiger partial charge in [-0.25, -0.2) is 0 Å². The Morgan fingerprint density at radius 1 is 1.33 bits per heavy atom. The van der Waals surface area contributed by atoms with Crippen LogP contribution in [-0.4, -0.2) is 22.8 Å². The van der Waals surface area contributed by atoms with Crippen molar-refractivity contribution in [2.75, 3.05) is 11.4 Å². The third-order valence-corrected chi connectivity index (χ3v) is 3.56. The van der Waals surface area contributed by atoms with Gasteiger partial charge in [-0.05, 0) is 38.7 Å². The van der Waals surface area contributed by atoms with Crippen molar-refractivity contribution >= 4 is 5.82 Å². The van der Waals surface area contributed by atoms with Crippen molar-refractivity contribution in [1.82, 2.24) is 10.2 Å². The Labute approximate surface area is 109 Å². The van der Waals surface area contributed by atoms with E-state index in [4.69, 9.17) is 0 Å². The molecule has 0 N–H and O–H groups in total. The highest BCUT2D eigenvalue weighted by molar-refractivity contribution is 5.58. The van der Waals surface area contributed by atoms with E-state index in [0.29, 0.717) is 11.6 Å². The van der Waals surface area contributed by atoms with Gasteiger partial charge in [0.25, 0.3) is 0 Å². The normalized spacial score (nSPS) is 14.3. The van der Waals surface area contributed by atoms with E-state index in [1.165, 1.54) is 12.8 Å². The van der Waals surface area contributed by atoms with E-state index in [9.17, 15) is 5.26 Å². The summed E-state index contributed by atoms with van der Waals surface area (Å²) in [5.41, 5.74) is 2.51. The van der Waals surface area contributed by atoms with Crippen molar-refractivity contribution in [3.05, 3.63) is 16.8 Å². The Morgan fingerprint density at radius 3 is 2.61 bits per heavy atom. The van der Waals surface area contributed by atoms with Gasteiger partial charge in [0.2, 0.25) is 0 Å². The first-order valence-corrected chi connectivity index (χ1v) is 6.69. The summed E-state index contributed by atoms with van der Waals surface area (Å²) in [6.45, 7) is 7.02. The van der Waals surface area contributed by atoms with Gasteiger partial charge in [-0.2, -0.15) is 10.4 Å². The maximum Gasteiger partial charge on any atom is 0.169 e. The quantitative estimate of drug-likeness (QED) is 0.799. The first-order chi connectivity index (χ1) is 8.69. The van der Waals surface area contributed by atoms with Crippen molar-refractivity contribution in [1.29, 1.82) is 5.26 Å². The Hall–Kier alpha value is -1.63. The number of rotatable bonds is 5. The molecule has 2 rings (SSSR count). The second kappa shape index (κ2) is 5.34. The predicted molar refractivity (Wildman–Crippen MR) is 71.5 cm³/mol. The van der Waals surface area contributed by atoms with E-state index in [2.05, 4.69) is 28.1 Å². The molecule has 0 spiro atoms. The van der Waals surface area contributed by atoms with Crippen molar-refractivity contribution in [2.45, 2.75) is 52.5 Å². The van der Waals surface area contributed by atoms with E-state index < -0.39 is 0 Å². The predicted octanol–water partition coefficient (Wildman–Crippen LogP) is 2.73. The molecule has 0 aromatic carbocycles. The van der Waals surface area contributed by atoms with Gasteiger partial charge in [-0.15, -0.1) is 5.10 Å². The SMILES string of the molecule is CCCCN(c1nnc(C)c(C)c1C#N)C1CC1. The van der Waals surface area contributed by atoms with E-state index >= 15 is 0 Å². The highest BCUT2D eigenvalue weighted by Gasteiger charge is 2.31. The number of unbranched alkanes of at least 4 members (excludes halogenated alkanes) is 1. The Bertz CT molecular complexity index is 471. The van der Waals surface area contributed by atoms with Gasteiger partial charge < -0.3 is 4.90 Å². The topological polar surface area (TPSA) is 52.8 Å². The molecule has 4 heteroatoms. The molecular formula is C14H20N4. The molecule has 1 aliphatic carbocycles. The molecule has 96 valence electrons. The van der Waals surface area contributed by atoms with Crippen LogP contribution < -0.4 is 4.90 Å². The van der Waals surface area contributed by atoms with E-state index in [-0.39, 0.29) is 0 Å². The minimum Gasteiger partial charge on any atom is -0.351 e. The van der Waals surface area contributed by atoms with Gasteiger partial charge in [-0.3, -0.25) is 0 Å². The molecule has 1 fully saturated rings. The molecular weight excluding hydrogens is 224 g/mol. The summed E-state index contributed by atoms with van der Waals surface area (Å²) in [5.74, 6) is 0.788. The van der Waals surface area contributed by atoms with Crippen LogP contribution in [0.1, 0.15) is 49.4 Å². The van der Waals surface area contributed by atoms with Crippen molar-refractivity contribution < 1.29 is 0 Å². The zero-order valence-corrected chi connectivity index (χ0v) is 11.4. The molecule has 0 saturated heterocycles. The summed E-state index contributed by atoms with van der Waals surface area (Å²) in [6.07, 6.45) is 4.71. The molecule has 1 aliphatic rings. The molecule has 1 saturated carbocycles. The zero-order chi connectivity index (χ0) is 13.1. The fourth-order valence-electron chi connectivity index (χ4n) is 2.11. The maximum atomic E-state index is 9.36. The Balaban J connectivity index is 2.35. The lowest BCUT2D eigenvalue weighted by atomic mass is 10.1. The van der Waals surface area contributed by atoms with Crippen LogP contribution in [0.2, 0.25) is 0 Å². The van der Waals surface area contributed by atoms with Gasteiger partial charge in [0.05, 0.1) is 5.69 Å². The van der Waals surface area contributed by atoms with Crippen molar-refractivity contribution in [3.8, 4) is 6.07 Å². The molecule has 4 nitrogen and oxygen atoms in total. The molecule has 0 radical (unpaired) electrons. The van der Waals surface area contributed by atoms with Gasteiger partial charge >= 0.3 is 0 Å². The minimum absolute atomic E-state index is 0.569. The molecule has 0 bridgehead atoms. The summed E-state index contributed by atoms with van der Waals surface area (Å²) in [5, 5.41) is 17.8. The first kappa shape index (κ1) is 12.8. The van der Waals surface area contributed by atoms with Crippen LogP contribution >= 0.6 is 0 Å². The fourth-order valence-corrected chi connectivity index (χ4v) is 2.11. The van der Waals surface area contributed by atoms with Crippen LogP contribution in [0.15, 0.2) is 0 Å². The lowest BCUT2D eigenvalue weighted by Gasteiger charge is -2.24. The van der Waals surface area contributed by atoms with Crippen LogP contribution in [0, 0.1) is 25.2 Å². The number of aryl methyl sites for hydroxylation is 1. The van der Waals surface area contributed by atoms with Crippen LogP contribution in [-0.2, 0) is 0 Å². The second-order valence-electron chi connectivity index (χ2n) is 5.00. The summed E-state index contributed by atoms with van der Waals surface area (Å²) >= 11 is 0. The van der Waals surface area contributed by atoms with Crippen LogP contribution in [0.5, 0.6) is 0 Å². The van der Waals surface area contributed by atoms with Crippen LogP contribution in [0.4, 0.5) is 5.82 Å². The largest absolute Gasteiger partial charge is 0.351 e.